The molecule has 1 aliphatic carbocycles. The van der Waals surface area contributed by atoms with Crippen molar-refractivity contribution in [3.05, 3.63) is 30.1 Å². The molecule has 0 bridgehead atoms. The highest BCUT2D eigenvalue weighted by Gasteiger charge is 2.33. The van der Waals surface area contributed by atoms with Gasteiger partial charge in [-0.1, -0.05) is 25.0 Å². The molecule has 23 heavy (non-hydrogen) atoms. The van der Waals surface area contributed by atoms with Crippen LogP contribution in [0.5, 0.6) is 0 Å². The molecule has 1 aliphatic rings. The van der Waals surface area contributed by atoms with Gasteiger partial charge in [0.1, 0.15) is 5.82 Å². The lowest BCUT2D eigenvalue weighted by molar-refractivity contribution is -0.121. The number of benzene rings is 1. The second-order valence-electron chi connectivity index (χ2n) is 6.69. The fraction of sp³-hybridized carbons (Fsp3) is 0.556. The van der Waals surface area contributed by atoms with Crippen LogP contribution in [0.15, 0.2) is 24.3 Å². The van der Waals surface area contributed by atoms with Crippen molar-refractivity contribution in [2.75, 3.05) is 13.2 Å². The third-order valence-electron chi connectivity index (χ3n) is 5.07. The molecule has 2 aromatic rings. The number of fused-ring (bicyclic) bond motifs is 1. The highest BCUT2D eigenvalue weighted by Crippen LogP contribution is 2.36. The van der Waals surface area contributed by atoms with E-state index in [1.807, 2.05) is 31.2 Å². The molecule has 1 heterocycles. The number of para-hydroxylation sites is 2. The lowest BCUT2D eigenvalue weighted by Crippen LogP contribution is -2.38. The van der Waals surface area contributed by atoms with Crippen LogP contribution < -0.4 is 5.32 Å². The Morgan fingerprint density at radius 2 is 2.09 bits per heavy atom. The normalized spacial score (nSPS) is 16.8. The summed E-state index contributed by atoms with van der Waals surface area (Å²) in [6.07, 6.45) is 4.75. The maximum absolute atomic E-state index is 12.2. The Morgan fingerprint density at radius 3 is 2.83 bits per heavy atom. The van der Waals surface area contributed by atoms with Crippen LogP contribution >= 0.6 is 0 Å². The van der Waals surface area contributed by atoms with Gasteiger partial charge in [-0.2, -0.15) is 0 Å². The summed E-state index contributed by atoms with van der Waals surface area (Å²) in [7, 11) is 0. The molecule has 1 saturated carbocycles. The maximum atomic E-state index is 12.2. The molecule has 5 heteroatoms. The zero-order valence-corrected chi connectivity index (χ0v) is 13.7. The predicted octanol–water partition coefficient (Wildman–Crippen LogP) is 2.40. The van der Waals surface area contributed by atoms with Crippen LogP contribution in [0.25, 0.3) is 11.0 Å². The number of aromatic nitrogens is 2. The van der Waals surface area contributed by atoms with Crippen molar-refractivity contribution in [2.24, 2.45) is 5.41 Å². The van der Waals surface area contributed by atoms with Gasteiger partial charge in [0.25, 0.3) is 0 Å². The van der Waals surface area contributed by atoms with Crippen molar-refractivity contribution in [1.29, 1.82) is 0 Å². The molecule has 124 valence electrons. The third kappa shape index (κ3) is 3.39. The maximum Gasteiger partial charge on any atom is 0.221 e. The van der Waals surface area contributed by atoms with Crippen molar-refractivity contribution < 1.29 is 9.90 Å². The number of amides is 1. The number of rotatable bonds is 6. The van der Waals surface area contributed by atoms with Gasteiger partial charge in [-0.25, -0.2) is 4.98 Å². The summed E-state index contributed by atoms with van der Waals surface area (Å²) in [4.78, 5) is 16.7. The summed E-state index contributed by atoms with van der Waals surface area (Å²) >= 11 is 0. The van der Waals surface area contributed by atoms with E-state index in [1.54, 1.807) is 0 Å². The van der Waals surface area contributed by atoms with Gasteiger partial charge < -0.3 is 15.0 Å². The quantitative estimate of drug-likeness (QED) is 0.860. The van der Waals surface area contributed by atoms with E-state index in [4.69, 9.17) is 0 Å². The van der Waals surface area contributed by atoms with Gasteiger partial charge in [-0.15, -0.1) is 0 Å². The molecule has 3 rings (SSSR count). The van der Waals surface area contributed by atoms with Crippen molar-refractivity contribution in [2.45, 2.75) is 45.6 Å². The molecule has 0 saturated heterocycles. The summed E-state index contributed by atoms with van der Waals surface area (Å²) in [5, 5.41) is 12.6. The number of nitrogens with zero attached hydrogens (tertiary/aromatic N) is 2. The van der Waals surface area contributed by atoms with Crippen molar-refractivity contribution in [3.8, 4) is 0 Å². The second-order valence-corrected chi connectivity index (χ2v) is 6.69. The molecule has 2 N–H and O–H groups in total. The van der Waals surface area contributed by atoms with E-state index in [0.717, 1.165) is 42.5 Å². The molecule has 1 fully saturated rings. The molecule has 0 spiro atoms. The average molecular weight is 315 g/mol. The Labute approximate surface area is 136 Å². The number of hydrogen-bond acceptors (Lipinski definition) is 3. The zero-order valence-electron chi connectivity index (χ0n) is 13.7. The zero-order chi connectivity index (χ0) is 16.3. The van der Waals surface area contributed by atoms with Gasteiger partial charge in [0.2, 0.25) is 5.91 Å². The van der Waals surface area contributed by atoms with E-state index in [9.17, 15) is 9.90 Å². The Morgan fingerprint density at radius 1 is 1.35 bits per heavy atom. The molecule has 1 aromatic heterocycles. The van der Waals surface area contributed by atoms with Crippen LogP contribution in [-0.2, 0) is 11.3 Å². The number of nitrogens with one attached hydrogen (secondary N) is 1. The Balaban J connectivity index is 1.57. The van der Waals surface area contributed by atoms with E-state index < -0.39 is 0 Å². The minimum absolute atomic E-state index is 0.0434. The molecule has 1 aromatic carbocycles. The topological polar surface area (TPSA) is 67.2 Å². The predicted molar refractivity (Wildman–Crippen MR) is 90.1 cm³/mol. The fourth-order valence-corrected chi connectivity index (χ4v) is 3.58. The lowest BCUT2D eigenvalue weighted by Gasteiger charge is -2.26. The first-order valence-corrected chi connectivity index (χ1v) is 8.43. The molecule has 1 amide bonds. The van der Waals surface area contributed by atoms with Gasteiger partial charge in [0.15, 0.2) is 0 Å². The molecule has 0 atom stereocenters. The fourth-order valence-electron chi connectivity index (χ4n) is 3.58. The van der Waals surface area contributed by atoms with Gasteiger partial charge >= 0.3 is 0 Å². The molecular formula is C18H25N3O2. The summed E-state index contributed by atoms with van der Waals surface area (Å²) in [5.41, 5.74) is 1.95. The van der Waals surface area contributed by atoms with Gasteiger partial charge in [0.05, 0.1) is 17.6 Å². The van der Waals surface area contributed by atoms with Crippen LogP contribution in [0.4, 0.5) is 0 Å². The largest absolute Gasteiger partial charge is 0.396 e. The van der Waals surface area contributed by atoms with E-state index >= 15 is 0 Å². The van der Waals surface area contributed by atoms with E-state index in [2.05, 4.69) is 14.9 Å². The average Bonchev–Trinajstić information content (AvgIpc) is 3.15. The molecule has 0 aliphatic heterocycles. The lowest BCUT2D eigenvalue weighted by atomic mass is 9.87. The third-order valence-corrected chi connectivity index (χ3v) is 5.07. The minimum Gasteiger partial charge on any atom is -0.396 e. The van der Waals surface area contributed by atoms with Gasteiger partial charge in [-0.3, -0.25) is 4.79 Å². The smallest absolute Gasteiger partial charge is 0.221 e. The number of carbonyl (C=O) groups is 1. The molecule has 5 nitrogen and oxygen atoms in total. The number of hydrogen-bond donors (Lipinski definition) is 2. The summed E-state index contributed by atoms with van der Waals surface area (Å²) in [6.45, 7) is 3.35. The number of aliphatic hydroxyl groups is 1. The van der Waals surface area contributed by atoms with Crippen LogP contribution in [0.1, 0.15) is 37.9 Å². The molecule has 0 unspecified atom stereocenters. The number of aliphatic hydroxyl groups excluding tert-OH is 1. The summed E-state index contributed by atoms with van der Waals surface area (Å²) < 4.78 is 2.09. The minimum atomic E-state index is -0.0900. The first-order valence-electron chi connectivity index (χ1n) is 8.43. The van der Waals surface area contributed by atoms with Gasteiger partial charge in [0, 0.05) is 24.9 Å². The van der Waals surface area contributed by atoms with Crippen LogP contribution in [0, 0.1) is 12.3 Å². The Bertz CT molecular complexity index is 687. The first kappa shape index (κ1) is 16.0. The van der Waals surface area contributed by atoms with Gasteiger partial charge in [-0.05, 0) is 31.9 Å². The number of carbonyl (C=O) groups excluding carboxylic acids is 1. The standard InChI is InChI=1S/C18H25N3O2/c1-14-20-15-6-2-3-7-16(15)21(14)11-8-17(23)19-12-18(13-22)9-4-5-10-18/h2-3,6-7,22H,4-5,8-13H2,1H3,(H,19,23). The van der Waals surface area contributed by atoms with Crippen molar-refractivity contribution in [1.82, 2.24) is 14.9 Å². The molecule has 0 radical (unpaired) electrons. The summed E-state index contributed by atoms with van der Waals surface area (Å²) in [6, 6.07) is 7.99. The van der Waals surface area contributed by atoms with E-state index in [-0.39, 0.29) is 17.9 Å². The number of imidazole rings is 1. The van der Waals surface area contributed by atoms with Crippen LogP contribution in [-0.4, -0.2) is 33.7 Å². The number of aryl methyl sites for hydroxylation is 2. The molecular weight excluding hydrogens is 290 g/mol. The Hall–Kier alpha value is -1.88. The van der Waals surface area contributed by atoms with E-state index in [0.29, 0.717) is 19.5 Å². The summed E-state index contributed by atoms with van der Waals surface area (Å²) in [5.74, 6) is 0.975. The van der Waals surface area contributed by atoms with Crippen LogP contribution in [0.2, 0.25) is 0 Å². The second kappa shape index (κ2) is 6.71. The highest BCUT2D eigenvalue weighted by atomic mass is 16.3. The first-order chi connectivity index (χ1) is 11.1. The van der Waals surface area contributed by atoms with Crippen molar-refractivity contribution in [3.63, 3.8) is 0 Å². The van der Waals surface area contributed by atoms with Crippen LogP contribution in [0.3, 0.4) is 0 Å². The Kier molecular flexibility index (Phi) is 4.66. The monoisotopic (exact) mass is 315 g/mol. The SMILES string of the molecule is Cc1nc2ccccc2n1CCC(=O)NCC1(CO)CCCC1. The van der Waals surface area contributed by atoms with E-state index in [1.165, 1.54) is 0 Å². The highest BCUT2D eigenvalue weighted by molar-refractivity contribution is 5.78. The van der Waals surface area contributed by atoms with Crippen molar-refractivity contribution >= 4 is 16.9 Å².